The summed E-state index contributed by atoms with van der Waals surface area (Å²) in [6.45, 7) is 0.938. The van der Waals surface area contributed by atoms with Crippen LogP contribution in [0.25, 0.3) is 0 Å². The Bertz CT molecular complexity index is 631. The largest absolute Gasteiger partial charge is 0.384 e. The Morgan fingerprint density at radius 2 is 2.00 bits per heavy atom. The van der Waals surface area contributed by atoms with Crippen molar-refractivity contribution in [3.05, 3.63) is 68.7 Å². The lowest BCUT2D eigenvalue weighted by Crippen LogP contribution is -2.11. The normalized spacial score (nSPS) is 10.5. The molecule has 104 valence electrons. The molecule has 0 atom stereocenters. The van der Waals surface area contributed by atoms with Crippen molar-refractivity contribution in [1.29, 1.82) is 5.41 Å². The zero-order valence-electron chi connectivity index (χ0n) is 10.7. The summed E-state index contributed by atoms with van der Waals surface area (Å²) in [6.07, 6.45) is 0. The molecule has 20 heavy (non-hydrogen) atoms. The van der Waals surface area contributed by atoms with Gasteiger partial charge in [0.15, 0.2) is 0 Å². The molecular weight excluding hydrogens is 340 g/mol. The first-order valence-electron chi connectivity index (χ1n) is 6.01. The lowest BCUT2D eigenvalue weighted by atomic mass is 10.1. The van der Waals surface area contributed by atoms with Crippen molar-refractivity contribution in [3.8, 4) is 0 Å². The summed E-state index contributed by atoms with van der Waals surface area (Å²) < 4.78 is 6.68. The van der Waals surface area contributed by atoms with Gasteiger partial charge < -0.3 is 10.5 Å². The number of nitrogen functional groups attached to an aromatic ring is 1. The zero-order valence-corrected chi connectivity index (χ0v) is 13.0. The van der Waals surface area contributed by atoms with E-state index in [9.17, 15) is 0 Å². The van der Waals surface area contributed by atoms with Crippen molar-refractivity contribution in [1.82, 2.24) is 0 Å². The summed E-state index contributed by atoms with van der Waals surface area (Å²) in [4.78, 5) is 0. The number of nitrogens with one attached hydrogen (secondary N) is 1. The van der Waals surface area contributed by atoms with E-state index in [2.05, 4.69) is 15.9 Å². The molecule has 0 radical (unpaired) electrons. The number of benzene rings is 2. The quantitative estimate of drug-likeness (QED) is 0.628. The van der Waals surface area contributed by atoms with Crippen LogP contribution in [0.4, 0.5) is 0 Å². The van der Waals surface area contributed by atoms with Gasteiger partial charge in [-0.15, -0.1) is 0 Å². The predicted octanol–water partition coefficient (Wildman–Crippen LogP) is 4.10. The predicted molar refractivity (Wildman–Crippen MR) is 85.1 cm³/mol. The van der Waals surface area contributed by atoms with Crippen molar-refractivity contribution in [2.75, 3.05) is 0 Å². The molecule has 0 aliphatic carbocycles. The zero-order chi connectivity index (χ0) is 14.5. The highest BCUT2D eigenvalue weighted by Crippen LogP contribution is 2.19. The van der Waals surface area contributed by atoms with Crippen LogP contribution in [0.5, 0.6) is 0 Å². The van der Waals surface area contributed by atoms with Crippen molar-refractivity contribution in [2.24, 2.45) is 5.73 Å². The standard InChI is InChI=1S/C15H14BrClN2O/c16-13-3-1-2-10(6-13)8-20-9-12-5-4-11(15(18)19)7-14(12)17/h1-7H,8-9H2,(H3,18,19). The van der Waals surface area contributed by atoms with Crippen molar-refractivity contribution >= 4 is 33.4 Å². The molecule has 5 heteroatoms. The molecule has 3 N–H and O–H groups in total. The fraction of sp³-hybridized carbons (Fsp3) is 0.133. The molecule has 0 unspecified atom stereocenters. The molecule has 0 fully saturated rings. The Balaban J connectivity index is 1.96. The number of ether oxygens (including phenoxy) is 1. The van der Waals surface area contributed by atoms with E-state index >= 15 is 0 Å². The summed E-state index contributed by atoms with van der Waals surface area (Å²) in [5.74, 6) is 0.00787. The summed E-state index contributed by atoms with van der Waals surface area (Å²) in [5, 5.41) is 7.92. The van der Waals surface area contributed by atoms with Gasteiger partial charge in [0.05, 0.1) is 13.2 Å². The average Bonchev–Trinajstić information content (AvgIpc) is 2.40. The highest BCUT2D eigenvalue weighted by atomic mass is 79.9. The minimum atomic E-state index is 0.00787. The number of hydrogen-bond acceptors (Lipinski definition) is 2. The maximum absolute atomic E-state index is 7.36. The van der Waals surface area contributed by atoms with Gasteiger partial charge in [-0.05, 0) is 29.3 Å². The first-order chi connectivity index (χ1) is 9.56. The third-order valence-corrected chi connectivity index (χ3v) is 3.62. The second-order valence-corrected chi connectivity index (χ2v) is 5.67. The minimum absolute atomic E-state index is 0.00787. The van der Waals surface area contributed by atoms with E-state index in [0.717, 1.165) is 15.6 Å². The van der Waals surface area contributed by atoms with Crippen LogP contribution >= 0.6 is 27.5 Å². The van der Waals surface area contributed by atoms with E-state index < -0.39 is 0 Å². The maximum atomic E-state index is 7.36. The van der Waals surface area contributed by atoms with Crippen molar-refractivity contribution in [2.45, 2.75) is 13.2 Å². The van der Waals surface area contributed by atoms with E-state index in [-0.39, 0.29) is 5.84 Å². The lowest BCUT2D eigenvalue weighted by Gasteiger charge is -2.08. The Morgan fingerprint density at radius 1 is 1.20 bits per heavy atom. The molecule has 0 saturated heterocycles. The van der Waals surface area contributed by atoms with E-state index in [1.165, 1.54) is 0 Å². The first-order valence-corrected chi connectivity index (χ1v) is 7.18. The fourth-order valence-corrected chi connectivity index (χ4v) is 2.42. The van der Waals surface area contributed by atoms with Crippen LogP contribution in [-0.4, -0.2) is 5.84 Å². The molecule has 0 bridgehead atoms. The molecule has 0 spiro atoms. The van der Waals surface area contributed by atoms with Crippen LogP contribution in [0.15, 0.2) is 46.9 Å². The Labute approximate surface area is 131 Å². The van der Waals surface area contributed by atoms with Gasteiger partial charge >= 0.3 is 0 Å². The second-order valence-electron chi connectivity index (χ2n) is 4.34. The molecule has 0 aliphatic rings. The van der Waals surface area contributed by atoms with Crippen LogP contribution < -0.4 is 5.73 Å². The van der Waals surface area contributed by atoms with E-state index in [1.54, 1.807) is 12.1 Å². The molecule has 0 amide bonds. The van der Waals surface area contributed by atoms with E-state index in [1.807, 2.05) is 30.3 Å². The highest BCUT2D eigenvalue weighted by molar-refractivity contribution is 9.10. The number of nitrogens with two attached hydrogens (primary N) is 1. The van der Waals surface area contributed by atoms with Crippen LogP contribution in [-0.2, 0) is 18.0 Å². The SMILES string of the molecule is N=C(N)c1ccc(COCc2cccc(Br)c2)c(Cl)c1. The topological polar surface area (TPSA) is 59.1 Å². The molecule has 0 saturated carbocycles. The average molecular weight is 354 g/mol. The monoisotopic (exact) mass is 352 g/mol. The molecule has 0 aromatic heterocycles. The van der Waals surface area contributed by atoms with Gasteiger partial charge in [0.1, 0.15) is 5.84 Å². The van der Waals surface area contributed by atoms with E-state index in [0.29, 0.717) is 23.8 Å². The Hall–Kier alpha value is -1.36. The van der Waals surface area contributed by atoms with Crippen molar-refractivity contribution < 1.29 is 4.74 Å². The fourth-order valence-electron chi connectivity index (χ4n) is 1.74. The van der Waals surface area contributed by atoms with Crippen LogP contribution in [0.1, 0.15) is 16.7 Å². The van der Waals surface area contributed by atoms with Gasteiger partial charge in [-0.2, -0.15) is 0 Å². The number of halogens is 2. The third-order valence-electron chi connectivity index (χ3n) is 2.78. The Kier molecular flexibility index (Phi) is 5.17. The van der Waals surface area contributed by atoms with Crippen molar-refractivity contribution in [3.63, 3.8) is 0 Å². The van der Waals surface area contributed by atoms with Crippen LogP contribution in [0.2, 0.25) is 5.02 Å². The summed E-state index contributed by atoms with van der Waals surface area (Å²) in [7, 11) is 0. The summed E-state index contributed by atoms with van der Waals surface area (Å²) in [6, 6.07) is 13.2. The maximum Gasteiger partial charge on any atom is 0.122 e. The third kappa shape index (κ3) is 4.07. The van der Waals surface area contributed by atoms with E-state index in [4.69, 9.17) is 27.5 Å². The van der Waals surface area contributed by atoms with Crippen LogP contribution in [0, 0.1) is 5.41 Å². The highest BCUT2D eigenvalue weighted by Gasteiger charge is 2.04. The molecule has 0 aliphatic heterocycles. The summed E-state index contributed by atoms with van der Waals surface area (Å²) in [5.41, 5.74) is 8.00. The molecule has 2 aromatic carbocycles. The molecule has 3 nitrogen and oxygen atoms in total. The molecule has 0 heterocycles. The van der Waals surface area contributed by atoms with Gasteiger partial charge in [0.2, 0.25) is 0 Å². The van der Waals surface area contributed by atoms with Gasteiger partial charge in [-0.3, -0.25) is 5.41 Å². The van der Waals surface area contributed by atoms with Gasteiger partial charge in [-0.25, -0.2) is 0 Å². The second kappa shape index (κ2) is 6.88. The summed E-state index contributed by atoms with van der Waals surface area (Å²) >= 11 is 9.56. The molecular formula is C15H14BrClN2O. The lowest BCUT2D eigenvalue weighted by molar-refractivity contribution is 0.107. The first kappa shape index (κ1) is 15.0. The van der Waals surface area contributed by atoms with Gasteiger partial charge in [-0.1, -0.05) is 51.8 Å². The molecule has 2 rings (SSSR count). The number of amidine groups is 1. The minimum Gasteiger partial charge on any atom is -0.384 e. The van der Waals surface area contributed by atoms with Gasteiger partial charge in [0.25, 0.3) is 0 Å². The van der Waals surface area contributed by atoms with Crippen LogP contribution in [0.3, 0.4) is 0 Å². The van der Waals surface area contributed by atoms with Gasteiger partial charge in [0, 0.05) is 15.1 Å². The number of hydrogen-bond donors (Lipinski definition) is 2. The Morgan fingerprint density at radius 3 is 2.65 bits per heavy atom. The molecule has 2 aromatic rings. The number of rotatable bonds is 5. The smallest absolute Gasteiger partial charge is 0.122 e.